The number of hydrogen-bond acceptors (Lipinski definition) is 6. The summed E-state index contributed by atoms with van der Waals surface area (Å²) in [6, 6.07) is 21.8. The van der Waals surface area contributed by atoms with E-state index in [1.165, 1.54) is 7.11 Å². The predicted molar refractivity (Wildman–Crippen MR) is 127 cm³/mol. The van der Waals surface area contributed by atoms with Crippen LogP contribution in [0.5, 0.6) is 0 Å². The number of amides is 2. The first kappa shape index (κ1) is 24.7. The number of nitrogens with one attached hydrogen (secondary N) is 2. The Morgan fingerprint density at radius 3 is 2.41 bits per heavy atom. The second kappa shape index (κ2) is 12.4. The summed E-state index contributed by atoms with van der Waals surface area (Å²) in [7, 11) is 1.25. The predicted octanol–water partition coefficient (Wildman–Crippen LogP) is 2.72. The Balaban J connectivity index is 1.50. The maximum atomic E-state index is 12.5. The number of aliphatic hydroxyl groups is 1. The Morgan fingerprint density at radius 2 is 1.65 bits per heavy atom. The van der Waals surface area contributed by atoms with Gasteiger partial charge in [0.1, 0.15) is 12.6 Å². The molecule has 0 aromatic heterocycles. The normalized spacial score (nSPS) is 12.4. The summed E-state index contributed by atoms with van der Waals surface area (Å²) in [5.41, 5.74) is 1.72. The highest BCUT2D eigenvalue weighted by Gasteiger charge is 2.24. The van der Waals surface area contributed by atoms with E-state index in [1.54, 1.807) is 0 Å². The van der Waals surface area contributed by atoms with E-state index in [9.17, 15) is 19.5 Å². The van der Waals surface area contributed by atoms with E-state index in [0.717, 1.165) is 21.9 Å². The molecule has 3 aromatic carbocycles. The zero-order valence-electron chi connectivity index (χ0n) is 18.9. The first-order valence-corrected chi connectivity index (χ1v) is 10.9. The summed E-state index contributed by atoms with van der Waals surface area (Å²) < 4.78 is 9.93. The topological polar surface area (TPSA) is 114 Å². The Hall–Kier alpha value is -3.91. The second-order valence-corrected chi connectivity index (χ2v) is 7.79. The van der Waals surface area contributed by atoms with Gasteiger partial charge in [-0.2, -0.15) is 0 Å². The molecule has 0 aliphatic carbocycles. The van der Waals surface area contributed by atoms with Crippen LogP contribution in [0.15, 0.2) is 72.8 Å². The Kier molecular flexibility index (Phi) is 8.99. The van der Waals surface area contributed by atoms with Crippen molar-refractivity contribution in [3.05, 3.63) is 83.9 Å². The number of aliphatic hydroxyl groups excluding tert-OH is 1. The Bertz CT molecular complexity index is 1110. The largest absolute Gasteiger partial charge is 0.467 e. The molecule has 0 saturated carbocycles. The number of ether oxygens (including phenoxy) is 2. The molecule has 3 N–H and O–H groups in total. The van der Waals surface area contributed by atoms with Gasteiger partial charge in [0.25, 0.3) is 0 Å². The highest BCUT2D eigenvalue weighted by Crippen LogP contribution is 2.20. The minimum absolute atomic E-state index is 0.0955. The van der Waals surface area contributed by atoms with Crippen molar-refractivity contribution in [1.29, 1.82) is 0 Å². The van der Waals surface area contributed by atoms with Crippen LogP contribution in [0.2, 0.25) is 0 Å². The van der Waals surface area contributed by atoms with Gasteiger partial charge in [0.2, 0.25) is 5.91 Å². The van der Waals surface area contributed by atoms with Crippen molar-refractivity contribution in [2.24, 2.45) is 0 Å². The molecule has 2 atom stereocenters. The van der Waals surface area contributed by atoms with Gasteiger partial charge in [-0.3, -0.25) is 4.79 Å². The standard InChI is InChI=1S/C26H28N2O6/c1-33-25(31)23(14-20-12-7-11-19-10-5-6-13-22(19)20)28-24(30)15-21(29)16-27-26(32)34-17-18-8-3-2-4-9-18/h2-13,21,23,29H,14-17H2,1H3,(H,27,32)(H,28,30)/t21-,23-/m0/s1. The van der Waals surface area contributed by atoms with Crippen molar-refractivity contribution >= 4 is 28.7 Å². The number of carbonyl (C=O) groups is 3. The van der Waals surface area contributed by atoms with Crippen LogP contribution in [0.3, 0.4) is 0 Å². The second-order valence-electron chi connectivity index (χ2n) is 7.79. The highest BCUT2D eigenvalue weighted by molar-refractivity contribution is 5.88. The molecular formula is C26H28N2O6. The van der Waals surface area contributed by atoms with Crippen LogP contribution >= 0.6 is 0 Å². The van der Waals surface area contributed by atoms with E-state index in [2.05, 4.69) is 10.6 Å². The quantitative estimate of drug-likeness (QED) is 0.398. The van der Waals surface area contributed by atoms with Gasteiger partial charge in [-0.25, -0.2) is 9.59 Å². The first-order valence-electron chi connectivity index (χ1n) is 10.9. The molecule has 0 saturated heterocycles. The lowest BCUT2D eigenvalue weighted by Crippen LogP contribution is -2.45. The molecular weight excluding hydrogens is 436 g/mol. The lowest BCUT2D eigenvalue weighted by Gasteiger charge is -2.19. The lowest BCUT2D eigenvalue weighted by atomic mass is 9.98. The van der Waals surface area contributed by atoms with Crippen LogP contribution in [0.25, 0.3) is 10.8 Å². The fourth-order valence-corrected chi connectivity index (χ4v) is 3.54. The van der Waals surface area contributed by atoms with Gasteiger partial charge in [-0.1, -0.05) is 72.8 Å². The molecule has 2 amide bonds. The average molecular weight is 465 g/mol. The van der Waals surface area contributed by atoms with Crippen LogP contribution < -0.4 is 10.6 Å². The van der Waals surface area contributed by atoms with Gasteiger partial charge < -0.3 is 25.2 Å². The van der Waals surface area contributed by atoms with Crippen LogP contribution in [0.4, 0.5) is 4.79 Å². The number of carbonyl (C=O) groups excluding carboxylic acids is 3. The molecule has 34 heavy (non-hydrogen) atoms. The van der Waals surface area contributed by atoms with Crippen molar-refractivity contribution in [2.75, 3.05) is 13.7 Å². The van der Waals surface area contributed by atoms with Crippen LogP contribution in [-0.4, -0.2) is 48.9 Å². The van der Waals surface area contributed by atoms with Gasteiger partial charge in [0.15, 0.2) is 0 Å². The molecule has 0 heterocycles. The number of rotatable bonds is 10. The third-order valence-electron chi connectivity index (χ3n) is 5.24. The number of hydrogen-bond donors (Lipinski definition) is 3. The SMILES string of the molecule is COC(=O)[C@H](Cc1cccc2ccccc12)NC(=O)C[C@H](O)CNC(=O)OCc1ccccc1. The molecule has 0 spiro atoms. The van der Waals surface area contributed by atoms with Gasteiger partial charge in [0, 0.05) is 13.0 Å². The zero-order valence-corrected chi connectivity index (χ0v) is 18.9. The van der Waals surface area contributed by atoms with Gasteiger partial charge in [0.05, 0.1) is 19.6 Å². The summed E-state index contributed by atoms with van der Waals surface area (Å²) in [6.07, 6.45) is -1.92. The minimum atomic E-state index is -1.15. The maximum absolute atomic E-state index is 12.5. The first-order chi connectivity index (χ1) is 16.5. The van der Waals surface area contributed by atoms with Crippen molar-refractivity contribution in [1.82, 2.24) is 10.6 Å². The van der Waals surface area contributed by atoms with E-state index in [0.29, 0.717) is 0 Å². The summed E-state index contributed by atoms with van der Waals surface area (Å²) in [4.78, 5) is 36.6. The minimum Gasteiger partial charge on any atom is -0.467 e. The van der Waals surface area contributed by atoms with Crippen LogP contribution in [0, 0.1) is 0 Å². The van der Waals surface area contributed by atoms with E-state index >= 15 is 0 Å². The number of esters is 1. The van der Waals surface area contributed by atoms with E-state index < -0.39 is 30.1 Å². The molecule has 0 unspecified atom stereocenters. The maximum Gasteiger partial charge on any atom is 0.407 e. The molecule has 3 aromatic rings. The number of alkyl carbamates (subject to hydrolysis) is 1. The molecule has 8 heteroatoms. The summed E-state index contributed by atoms with van der Waals surface area (Å²) >= 11 is 0. The lowest BCUT2D eigenvalue weighted by molar-refractivity contribution is -0.145. The van der Waals surface area contributed by atoms with E-state index in [4.69, 9.17) is 9.47 Å². The van der Waals surface area contributed by atoms with E-state index in [1.807, 2.05) is 72.8 Å². The summed E-state index contributed by atoms with van der Waals surface area (Å²) in [6.45, 7) is -0.0779. The monoisotopic (exact) mass is 464 g/mol. The Morgan fingerprint density at radius 1 is 0.941 bits per heavy atom. The van der Waals surface area contributed by atoms with Crippen LogP contribution in [-0.2, 0) is 32.1 Å². The third kappa shape index (κ3) is 7.31. The molecule has 0 aliphatic heterocycles. The average Bonchev–Trinajstić information content (AvgIpc) is 2.86. The fourth-order valence-electron chi connectivity index (χ4n) is 3.54. The van der Waals surface area contributed by atoms with Gasteiger partial charge in [-0.05, 0) is 21.9 Å². The summed E-state index contributed by atoms with van der Waals surface area (Å²) in [5.74, 6) is -1.12. The van der Waals surface area contributed by atoms with Gasteiger partial charge in [-0.15, -0.1) is 0 Å². The molecule has 0 bridgehead atoms. The van der Waals surface area contributed by atoms with Crippen LogP contribution in [0.1, 0.15) is 17.5 Å². The van der Waals surface area contributed by atoms with Crippen molar-refractivity contribution < 1.29 is 29.0 Å². The van der Waals surface area contributed by atoms with Crippen molar-refractivity contribution in [3.63, 3.8) is 0 Å². The molecule has 178 valence electrons. The van der Waals surface area contributed by atoms with Crippen molar-refractivity contribution in [2.45, 2.75) is 31.6 Å². The fraction of sp³-hybridized carbons (Fsp3) is 0.269. The zero-order chi connectivity index (χ0) is 24.3. The molecule has 0 fully saturated rings. The third-order valence-corrected chi connectivity index (χ3v) is 5.24. The van der Waals surface area contributed by atoms with Crippen molar-refractivity contribution in [3.8, 4) is 0 Å². The molecule has 3 rings (SSSR count). The molecule has 8 nitrogen and oxygen atoms in total. The number of methoxy groups -OCH3 is 1. The van der Waals surface area contributed by atoms with Gasteiger partial charge >= 0.3 is 12.1 Å². The summed E-state index contributed by atoms with van der Waals surface area (Å²) in [5, 5.41) is 17.2. The highest BCUT2D eigenvalue weighted by atomic mass is 16.5. The number of benzene rings is 3. The Labute approximate surface area is 197 Å². The number of fused-ring (bicyclic) bond motifs is 1. The molecule has 0 aliphatic rings. The molecule has 0 radical (unpaired) electrons. The smallest absolute Gasteiger partial charge is 0.407 e. The van der Waals surface area contributed by atoms with E-state index in [-0.39, 0.29) is 26.0 Å².